The van der Waals surface area contributed by atoms with Crippen molar-refractivity contribution in [2.75, 3.05) is 17.5 Å². The van der Waals surface area contributed by atoms with E-state index in [0.717, 1.165) is 51.8 Å². The summed E-state index contributed by atoms with van der Waals surface area (Å²) in [7, 11) is -4.45. The molecule has 0 aliphatic carbocycles. The van der Waals surface area contributed by atoms with Gasteiger partial charge in [-0.15, -0.1) is 0 Å². The average Bonchev–Trinajstić information content (AvgIpc) is 3.28. The molecule has 1 saturated heterocycles. The molecule has 200 valence electrons. The number of rotatable bonds is 6. The fourth-order valence-electron chi connectivity index (χ4n) is 4.42. The number of benzene rings is 2. The number of nitrogens with zero attached hydrogens (tertiary/aromatic N) is 2. The third-order valence-corrected chi connectivity index (χ3v) is 8.32. The van der Waals surface area contributed by atoms with Crippen LogP contribution in [0.3, 0.4) is 0 Å². The molecule has 2 amide bonds. The van der Waals surface area contributed by atoms with Crippen molar-refractivity contribution in [1.29, 1.82) is 0 Å². The number of nitrogens with one attached hydrogen (secondary N) is 1. The van der Waals surface area contributed by atoms with E-state index in [2.05, 4.69) is 5.43 Å². The lowest BCUT2D eigenvalue weighted by Gasteiger charge is -2.39. The molecule has 0 aromatic heterocycles. The average molecular weight is 548 g/mol. The normalized spacial score (nSPS) is 19.8. The van der Waals surface area contributed by atoms with Crippen LogP contribution >= 0.6 is 0 Å². The molecule has 14 heteroatoms. The van der Waals surface area contributed by atoms with Crippen molar-refractivity contribution in [2.24, 2.45) is 0 Å². The summed E-state index contributed by atoms with van der Waals surface area (Å²) >= 11 is 0. The predicted octanol–water partition coefficient (Wildman–Crippen LogP) is 2.71. The fourth-order valence-corrected chi connectivity index (χ4v) is 6.13. The maximum absolute atomic E-state index is 13.6. The Labute approximate surface area is 208 Å². The first kappa shape index (κ1) is 26.8. The van der Waals surface area contributed by atoms with Crippen LogP contribution in [0.1, 0.15) is 30.4 Å². The number of carbonyl (C=O) groups is 2. The Kier molecular flexibility index (Phi) is 6.92. The van der Waals surface area contributed by atoms with Crippen molar-refractivity contribution in [2.45, 2.75) is 48.4 Å². The molecule has 2 aliphatic rings. The number of fused-ring (bicyclic) bond motifs is 1. The van der Waals surface area contributed by atoms with E-state index in [-0.39, 0.29) is 54.3 Å². The van der Waals surface area contributed by atoms with Gasteiger partial charge in [0.1, 0.15) is 12.5 Å². The largest absolute Gasteiger partial charge is 0.424 e. The second kappa shape index (κ2) is 9.56. The first-order valence-corrected chi connectivity index (χ1v) is 12.6. The van der Waals surface area contributed by atoms with Crippen LogP contribution in [0.5, 0.6) is 0 Å². The van der Waals surface area contributed by atoms with Gasteiger partial charge in [0.15, 0.2) is 0 Å². The molecule has 0 bridgehead atoms. The summed E-state index contributed by atoms with van der Waals surface area (Å²) in [4.78, 5) is 24.0. The third-order valence-electron chi connectivity index (χ3n) is 6.44. The molecule has 37 heavy (non-hydrogen) atoms. The van der Waals surface area contributed by atoms with E-state index in [1.54, 1.807) is 0 Å². The number of alkyl halides is 4. The number of amides is 2. The quantitative estimate of drug-likeness (QED) is 0.541. The molecule has 0 radical (unpaired) electrons. The van der Waals surface area contributed by atoms with Gasteiger partial charge in [-0.25, -0.2) is 17.2 Å². The molecular formula is C23H22F5N3O5S. The van der Waals surface area contributed by atoms with Gasteiger partial charge >= 0.3 is 6.18 Å². The smallest absolute Gasteiger partial charge is 0.374 e. The molecule has 4 rings (SSSR count). The Morgan fingerprint density at radius 3 is 2.35 bits per heavy atom. The molecule has 2 atom stereocenters. The lowest BCUT2D eigenvalue weighted by atomic mass is 9.88. The molecule has 2 aliphatic heterocycles. The van der Waals surface area contributed by atoms with Crippen LogP contribution in [-0.2, 0) is 31.6 Å². The van der Waals surface area contributed by atoms with Gasteiger partial charge in [0, 0.05) is 6.42 Å². The molecule has 2 aromatic rings. The van der Waals surface area contributed by atoms with Gasteiger partial charge in [0.25, 0.3) is 10.0 Å². The highest BCUT2D eigenvalue weighted by Crippen LogP contribution is 2.43. The van der Waals surface area contributed by atoms with Gasteiger partial charge in [-0.3, -0.25) is 24.3 Å². The van der Waals surface area contributed by atoms with Gasteiger partial charge in [-0.05, 0) is 54.3 Å². The Hall–Kier alpha value is -3.26. The zero-order chi connectivity index (χ0) is 27.2. The summed E-state index contributed by atoms with van der Waals surface area (Å²) in [5.74, 6) is -1.65. The first-order chi connectivity index (χ1) is 17.3. The maximum atomic E-state index is 13.6. The van der Waals surface area contributed by atoms with Crippen molar-refractivity contribution < 1.29 is 45.1 Å². The number of halogens is 5. The van der Waals surface area contributed by atoms with E-state index in [9.17, 15) is 45.1 Å². The van der Waals surface area contributed by atoms with E-state index in [4.69, 9.17) is 0 Å². The van der Waals surface area contributed by atoms with Crippen LogP contribution in [0, 0.1) is 5.82 Å². The third kappa shape index (κ3) is 4.87. The molecule has 2 heterocycles. The van der Waals surface area contributed by atoms with Gasteiger partial charge < -0.3 is 5.11 Å². The Balaban J connectivity index is 1.77. The monoisotopic (exact) mass is 547 g/mol. The van der Waals surface area contributed by atoms with E-state index >= 15 is 0 Å². The number of sulfonamides is 1. The zero-order valence-electron chi connectivity index (χ0n) is 19.1. The number of aliphatic hydroxyl groups is 1. The lowest BCUT2D eigenvalue weighted by molar-refractivity contribution is -0.271. The molecule has 0 saturated carbocycles. The highest BCUT2D eigenvalue weighted by atomic mass is 32.2. The summed E-state index contributed by atoms with van der Waals surface area (Å²) in [6.45, 7) is -2.06. The maximum Gasteiger partial charge on any atom is 0.424 e. The van der Waals surface area contributed by atoms with Crippen LogP contribution in [-0.4, -0.2) is 55.8 Å². The molecule has 2 N–H and O–H groups in total. The minimum atomic E-state index is -5.33. The van der Waals surface area contributed by atoms with Crippen LogP contribution in [0.2, 0.25) is 0 Å². The van der Waals surface area contributed by atoms with Gasteiger partial charge in [-0.1, -0.05) is 12.1 Å². The molecule has 0 spiro atoms. The minimum absolute atomic E-state index is 0.00945. The first-order valence-electron chi connectivity index (χ1n) is 11.2. The van der Waals surface area contributed by atoms with Crippen molar-refractivity contribution >= 4 is 27.5 Å². The zero-order valence-corrected chi connectivity index (χ0v) is 20.0. The number of aryl methyl sites for hydroxylation is 1. The SMILES string of the molecule is O=C1CCN(C(=O)C[C@@H]2CCc3cc(C(O)(CF)C(F)(F)F)ccc3N2S(=O)(=O)c2ccc(F)cc2)N1. The van der Waals surface area contributed by atoms with Crippen LogP contribution < -0.4 is 9.73 Å². The fraction of sp³-hybridized carbons (Fsp3) is 0.391. The minimum Gasteiger partial charge on any atom is -0.374 e. The summed E-state index contributed by atoms with van der Waals surface area (Å²) in [6, 6.07) is 5.57. The topological polar surface area (TPSA) is 107 Å². The molecule has 1 unspecified atom stereocenters. The summed E-state index contributed by atoms with van der Waals surface area (Å²) in [5.41, 5.74) is -2.20. The standard InChI is InChI=1S/C23H22F5N3O5S/c24-13-22(34,23(26,27)28)15-2-8-19-14(11-15)1-5-17(12-21(33)30-10-9-20(32)29-30)31(19)37(35,36)18-6-3-16(25)4-7-18/h2-4,6-8,11,17,34H,1,5,9-10,12-13H2,(H,29,32)/t17-,22?/m0/s1. The van der Waals surface area contributed by atoms with Crippen molar-refractivity contribution in [3.05, 3.63) is 59.4 Å². The molecule has 1 fully saturated rings. The van der Waals surface area contributed by atoms with Crippen molar-refractivity contribution in [3.8, 4) is 0 Å². The highest BCUT2D eigenvalue weighted by molar-refractivity contribution is 7.92. The summed E-state index contributed by atoms with van der Waals surface area (Å²) < 4.78 is 95.3. The van der Waals surface area contributed by atoms with Crippen LogP contribution in [0.4, 0.5) is 27.6 Å². The predicted molar refractivity (Wildman–Crippen MR) is 120 cm³/mol. The number of hydrazine groups is 1. The van der Waals surface area contributed by atoms with Crippen molar-refractivity contribution in [3.63, 3.8) is 0 Å². The lowest BCUT2D eigenvalue weighted by Crippen LogP contribution is -2.48. The van der Waals surface area contributed by atoms with E-state index in [0.29, 0.717) is 0 Å². The van der Waals surface area contributed by atoms with Gasteiger partial charge in [-0.2, -0.15) is 13.2 Å². The second-order valence-corrected chi connectivity index (χ2v) is 10.6. The molecular weight excluding hydrogens is 525 g/mol. The Bertz CT molecular complexity index is 1320. The van der Waals surface area contributed by atoms with Gasteiger partial charge in [0.2, 0.25) is 17.4 Å². The van der Waals surface area contributed by atoms with E-state index in [1.165, 1.54) is 0 Å². The Morgan fingerprint density at radius 1 is 1.11 bits per heavy atom. The van der Waals surface area contributed by atoms with Crippen LogP contribution in [0.15, 0.2) is 47.4 Å². The highest BCUT2D eigenvalue weighted by Gasteiger charge is 2.55. The summed E-state index contributed by atoms with van der Waals surface area (Å²) in [6.07, 6.45) is -5.61. The van der Waals surface area contributed by atoms with Gasteiger partial charge in [0.05, 0.1) is 29.6 Å². The molecule has 2 aromatic carbocycles. The van der Waals surface area contributed by atoms with Crippen molar-refractivity contribution in [1.82, 2.24) is 10.4 Å². The molecule has 8 nitrogen and oxygen atoms in total. The number of hydrogen-bond acceptors (Lipinski definition) is 5. The van der Waals surface area contributed by atoms with E-state index < -0.39 is 51.8 Å². The second-order valence-electron chi connectivity index (χ2n) is 8.82. The van der Waals surface area contributed by atoms with E-state index in [1.807, 2.05) is 0 Å². The Morgan fingerprint density at radius 2 is 1.78 bits per heavy atom. The number of anilines is 1. The summed E-state index contributed by atoms with van der Waals surface area (Å²) in [5, 5.41) is 11.1. The van der Waals surface area contributed by atoms with Crippen LogP contribution in [0.25, 0.3) is 0 Å². The number of hydrogen-bond donors (Lipinski definition) is 2. The number of carbonyl (C=O) groups excluding carboxylic acids is 2.